The number of carbonyl (C=O) groups excluding carboxylic acids is 2. The lowest BCUT2D eigenvalue weighted by atomic mass is 10.1. The standard InChI is InChI=1S/C23H18N4O5S/c1-13-19-21(33-20(13)14-5-3-2-4-6-14)24-11-27(22(19)29)10-18(28)26-23(30)25-15-7-8-16-17(9-15)32-12-31-16/h2-9,11H,10,12H2,1H3,(H2,25,26,28,30). The summed E-state index contributed by atoms with van der Waals surface area (Å²) < 4.78 is 11.7. The number of nitrogens with zero attached hydrogens (tertiary/aromatic N) is 2. The van der Waals surface area contributed by atoms with Gasteiger partial charge < -0.3 is 14.8 Å². The molecule has 4 aromatic rings. The zero-order valence-electron chi connectivity index (χ0n) is 17.5. The predicted molar refractivity (Wildman–Crippen MR) is 124 cm³/mol. The van der Waals surface area contributed by atoms with E-state index in [4.69, 9.17) is 9.47 Å². The van der Waals surface area contributed by atoms with Gasteiger partial charge in [-0.3, -0.25) is 19.5 Å². The highest BCUT2D eigenvalue weighted by Crippen LogP contribution is 2.35. The Hall–Kier alpha value is -4.18. The minimum atomic E-state index is -0.723. The van der Waals surface area contributed by atoms with E-state index in [1.807, 2.05) is 37.3 Å². The molecular weight excluding hydrogens is 444 g/mol. The molecule has 0 radical (unpaired) electrons. The first-order chi connectivity index (χ1) is 16.0. The van der Waals surface area contributed by atoms with Crippen molar-refractivity contribution in [3.05, 3.63) is 70.8 Å². The molecular formula is C23H18N4O5S. The van der Waals surface area contributed by atoms with Crippen molar-refractivity contribution in [1.29, 1.82) is 0 Å². The Morgan fingerprint density at radius 2 is 1.91 bits per heavy atom. The first kappa shape index (κ1) is 20.7. The second-order valence-electron chi connectivity index (χ2n) is 7.35. The number of rotatable bonds is 4. The summed E-state index contributed by atoms with van der Waals surface area (Å²) in [5, 5.41) is 5.25. The third-order valence-electron chi connectivity index (χ3n) is 5.15. The molecule has 0 spiro atoms. The zero-order chi connectivity index (χ0) is 22.9. The van der Waals surface area contributed by atoms with Crippen LogP contribution in [-0.4, -0.2) is 28.3 Å². The average molecular weight is 462 g/mol. The molecule has 0 atom stereocenters. The first-order valence-electron chi connectivity index (χ1n) is 10.0. The Morgan fingerprint density at radius 1 is 1.12 bits per heavy atom. The molecule has 0 fully saturated rings. The largest absolute Gasteiger partial charge is 0.454 e. The second-order valence-corrected chi connectivity index (χ2v) is 8.35. The van der Waals surface area contributed by atoms with Gasteiger partial charge in [-0.05, 0) is 30.2 Å². The molecule has 3 heterocycles. The van der Waals surface area contributed by atoms with Gasteiger partial charge in [0.2, 0.25) is 12.7 Å². The molecule has 1 aliphatic heterocycles. The number of urea groups is 1. The Labute approximate surface area is 191 Å². The van der Waals surface area contributed by atoms with E-state index in [-0.39, 0.29) is 18.9 Å². The molecule has 2 aromatic carbocycles. The summed E-state index contributed by atoms with van der Waals surface area (Å²) in [6.07, 6.45) is 1.32. The number of carbonyl (C=O) groups is 2. The van der Waals surface area contributed by atoms with E-state index in [1.165, 1.54) is 22.2 Å². The van der Waals surface area contributed by atoms with Gasteiger partial charge in [-0.25, -0.2) is 9.78 Å². The smallest absolute Gasteiger partial charge is 0.325 e. The Balaban J connectivity index is 1.31. The van der Waals surface area contributed by atoms with E-state index < -0.39 is 11.9 Å². The van der Waals surface area contributed by atoms with Gasteiger partial charge in [-0.2, -0.15) is 0 Å². The molecule has 33 heavy (non-hydrogen) atoms. The van der Waals surface area contributed by atoms with Crippen LogP contribution in [0.1, 0.15) is 5.56 Å². The molecule has 166 valence electrons. The van der Waals surface area contributed by atoms with Crippen molar-refractivity contribution in [2.75, 3.05) is 12.1 Å². The number of imide groups is 1. The van der Waals surface area contributed by atoms with Crippen molar-refractivity contribution in [1.82, 2.24) is 14.9 Å². The number of nitrogens with one attached hydrogen (secondary N) is 2. The van der Waals surface area contributed by atoms with Crippen LogP contribution in [0.3, 0.4) is 0 Å². The third-order valence-corrected chi connectivity index (χ3v) is 6.40. The van der Waals surface area contributed by atoms with E-state index in [0.717, 1.165) is 16.0 Å². The minimum absolute atomic E-state index is 0.118. The highest BCUT2D eigenvalue weighted by Gasteiger charge is 2.18. The number of fused-ring (bicyclic) bond motifs is 2. The summed E-state index contributed by atoms with van der Waals surface area (Å²) >= 11 is 1.43. The Bertz CT molecular complexity index is 1440. The zero-order valence-corrected chi connectivity index (χ0v) is 18.3. The molecule has 0 saturated carbocycles. The number of hydrogen-bond acceptors (Lipinski definition) is 7. The monoisotopic (exact) mass is 462 g/mol. The molecule has 0 saturated heterocycles. The minimum Gasteiger partial charge on any atom is -0.454 e. The molecule has 10 heteroatoms. The SMILES string of the molecule is Cc1c(-c2ccccc2)sc2ncn(CC(=O)NC(=O)Nc3ccc4c(c3)OCO4)c(=O)c12. The number of ether oxygens (including phenoxy) is 2. The number of benzene rings is 2. The van der Waals surface area contributed by atoms with E-state index >= 15 is 0 Å². The number of aryl methyl sites for hydroxylation is 1. The number of amides is 3. The first-order valence-corrected chi connectivity index (χ1v) is 10.9. The third kappa shape index (κ3) is 4.03. The van der Waals surface area contributed by atoms with Gasteiger partial charge in [0.05, 0.1) is 11.7 Å². The summed E-state index contributed by atoms with van der Waals surface area (Å²) in [5.41, 5.74) is 1.92. The summed E-state index contributed by atoms with van der Waals surface area (Å²) in [4.78, 5) is 43.6. The van der Waals surface area contributed by atoms with Gasteiger partial charge in [0, 0.05) is 16.6 Å². The highest BCUT2D eigenvalue weighted by atomic mass is 32.1. The predicted octanol–water partition coefficient (Wildman–Crippen LogP) is 3.51. The summed E-state index contributed by atoms with van der Waals surface area (Å²) in [6.45, 7) is 1.65. The molecule has 0 bridgehead atoms. The van der Waals surface area contributed by atoms with Gasteiger partial charge in [-0.15, -0.1) is 11.3 Å². The lowest BCUT2D eigenvalue weighted by Crippen LogP contribution is -2.38. The van der Waals surface area contributed by atoms with Gasteiger partial charge in [0.15, 0.2) is 11.5 Å². The maximum absolute atomic E-state index is 13.0. The van der Waals surface area contributed by atoms with Crippen LogP contribution in [0.25, 0.3) is 20.7 Å². The molecule has 9 nitrogen and oxygen atoms in total. The highest BCUT2D eigenvalue weighted by molar-refractivity contribution is 7.22. The quantitative estimate of drug-likeness (QED) is 0.480. The fraction of sp³-hybridized carbons (Fsp3) is 0.130. The summed E-state index contributed by atoms with van der Waals surface area (Å²) in [7, 11) is 0. The van der Waals surface area contributed by atoms with Crippen LogP contribution in [0, 0.1) is 6.92 Å². The van der Waals surface area contributed by atoms with Crippen LogP contribution in [0.5, 0.6) is 11.5 Å². The van der Waals surface area contributed by atoms with Crippen molar-refractivity contribution < 1.29 is 19.1 Å². The maximum atomic E-state index is 13.0. The topological polar surface area (TPSA) is 112 Å². The van der Waals surface area contributed by atoms with E-state index in [9.17, 15) is 14.4 Å². The van der Waals surface area contributed by atoms with Crippen LogP contribution < -0.4 is 25.7 Å². The van der Waals surface area contributed by atoms with Crippen molar-refractivity contribution in [3.63, 3.8) is 0 Å². The van der Waals surface area contributed by atoms with E-state index in [2.05, 4.69) is 15.6 Å². The van der Waals surface area contributed by atoms with Crippen molar-refractivity contribution >= 4 is 39.2 Å². The lowest BCUT2D eigenvalue weighted by molar-refractivity contribution is -0.120. The number of anilines is 1. The molecule has 2 N–H and O–H groups in total. The van der Waals surface area contributed by atoms with Crippen LogP contribution >= 0.6 is 11.3 Å². The van der Waals surface area contributed by atoms with Crippen molar-refractivity contribution in [3.8, 4) is 21.9 Å². The molecule has 1 aliphatic rings. The normalized spacial score (nSPS) is 12.0. The fourth-order valence-electron chi connectivity index (χ4n) is 3.59. The molecule has 0 unspecified atom stereocenters. The lowest BCUT2D eigenvalue weighted by Gasteiger charge is -2.08. The summed E-state index contributed by atoms with van der Waals surface area (Å²) in [6, 6.07) is 13.9. The average Bonchev–Trinajstić information content (AvgIpc) is 3.40. The Kier molecular flexibility index (Phi) is 5.27. The number of thiophene rings is 1. The van der Waals surface area contributed by atoms with Crippen molar-refractivity contribution in [2.24, 2.45) is 0 Å². The van der Waals surface area contributed by atoms with Crippen molar-refractivity contribution in [2.45, 2.75) is 13.5 Å². The molecule has 3 amide bonds. The van der Waals surface area contributed by atoms with Gasteiger partial charge in [0.1, 0.15) is 11.4 Å². The van der Waals surface area contributed by atoms with E-state index in [1.54, 1.807) is 18.2 Å². The molecule has 2 aromatic heterocycles. The number of hydrogen-bond donors (Lipinski definition) is 2. The van der Waals surface area contributed by atoms with Crippen LogP contribution in [0.4, 0.5) is 10.5 Å². The fourth-order valence-corrected chi connectivity index (χ4v) is 4.74. The van der Waals surface area contributed by atoms with Gasteiger partial charge >= 0.3 is 6.03 Å². The second kappa shape index (κ2) is 8.40. The van der Waals surface area contributed by atoms with Crippen LogP contribution in [0.2, 0.25) is 0 Å². The maximum Gasteiger partial charge on any atom is 0.325 e. The van der Waals surface area contributed by atoms with Gasteiger partial charge in [-0.1, -0.05) is 30.3 Å². The molecule has 5 rings (SSSR count). The number of aromatic nitrogens is 2. The van der Waals surface area contributed by atoms with E-state index in [0.29, 0.717) is 27.4 Å². The van der Waals surface area contributed by atoms with Gasteiger partial charge in [0.25, 0.3) is 5.56 Å². The molecule has 0 aliphatic carbocycles. The van der Waals surface area contributed by atoms with Crippen LogP contribution in [0.15, 0.2) is 59.7 Å². The Morgan fingerprint density at radius 3 is 2.73 bits per heavy atom. The van der Waals surface area contributed by atoms with Crippen LogP contribution in [-0.2, 0) is 11.3 Å². The summed E-state index contributed by atoms with van der Waals surface area (Å²) in [5.74, 6) is 0.442.